The molecule has 2 nitrogen and oxygen atoms in total. The van der Waals surface area contributed by atoms with E-state index < -0.39 is 0 Å². The lowest BCUT2D eigenvalue weighted by Gasteiger charge is -1.97. The number of H-pyrrole nitrogens is 1. The molecule has 0 aliphatic carbocycles. The van der Waals surface area contributed by atoms with Crippen LogP contribution in [-0.4, -0.2) is 11.3 Å². The van der Waals surface area contributed by atoms with Crippen LogP contribution in [0.4, 0.5) is 0 Å². The lowest BCUT2D eigenvalue weighted by molar-refractivity contribution is 0.112. The molecule has 0 saturated carbocycles. The van der Waals surface area contributed by atoms with Crippen LogP contribution in [0.15, 0.2) is 27.3 Å². The predicted octanol–water partition coefficient (Wildman–Crippen LogP) is 3.51. The van der Waals surface area contributed by atoms with Gasteiger partial charge < -0.3 is 4.98 Å². The van der Waals surface area contributed by atoms with Gasteiger partial charge in [-0.25, -0.2) is 0 Å². The number of benzene rings is 1. The Morgan fingerprint density at radius 2 is 1.92 bits per heavy atom. The van der Waals surface area contributed by atoms with E-state index in [4.69, 9.17) is 0 Å². The molecule has 0 amide bonds. The molecule has 0 aliphatic heterocycles. The molecule has 0 radical (unpaired) electrons. The second kappa shape index (κ2) is 3.27. The lowest BCUT2D eigenvalue weighted by atomic mass is 10.2. The van der Waals surface area contributed by atoms with Gasteiger partial charge in [0.2, 0.25) is 0 Å². The molecule has 1 aromatic heterocycles. The van der Waals surface area contributed by atoms with E-state index in [1.165, 1.54) is 0 Å². The Kier molecular flexibility index (Phi) is 2.26. The number of nitrogens with one attached hydrogen (secondary N) is 1. The van der Waals surface area contributed by atoms with Gasteiger partial charge in [0.15, 0.2) is 6.29 Å². The standard InChI is InChI=1S/C9H5Br2NO/c10-6-1-2-7(11)9-8(6)5(4-13)3-12-9/h1-4,12H. The van der Waals surface area contributed by atoms with E-state index in [9.17, 15) is 4.79 Å². The molecule has 2 rings (SSSR count). The second-order valence-corrected chi connectivity index (χ2v) is 4.35. The third-order valence-electron chi connectivity index (χ3n) is 1.89. The monoisotopic (exact) mass is 301 g/mol. The quantitative estimate of drug-likeness (QED) is 0.804. The summed E-state index contributed by atoms with van der Waals surface area (Å²) < 4.78 is 1.88. The molecule has 0 fully saturated rings. The molecule has 0 unspecified atom stereocenters. The molecule has 4 heteroatoms. The molecular formula is C9H5Br2NO. The third kappa shape index (κ3) is 1.34. The SMILES string of the molecule is O=Cc1c[nH]c2c(Br)ccc(Br)c12. The number of hydrogen-bond acceptors (Lipinski definition) is 1. The van der Waals surface area contributed by atoms with Crippen molar-refractivity contribution in [2.75, 3.05) is 0 Å². The molecular weight excluding hydrogens is 298 g/mol. The van der Waals surface area contributed by atoms with E-state index >= 15 is 0 Å². The third-order valence-corrected chi connectivity index (χ3v) is 3.21. The highest BCUT2D eigenvalue weighted by Crippen LogP contribution is 2.31. The first kappa shape index (κ1) is 8.97. The van der Waals surface area contributed by atoms with Crippen LogP contribution >= 0.6 is 31.9 Å². The maximum Gasteiger partial charge on any atom is 0.152 e. The fraction of sp³-hybridized carbons (Fsp3) is 0. The zero-order chi connectivity index (χ0) is 9.42. The summed E-state index contributed by atoms with van der Waals surface area (Å²) in [4.78, 5) is 13.7. The van der Waals surface area contributed by atoms with Gasteiger partial charge >= 0.3 is 0 Å². The van der Waals surface area contributed by atoms with Crippen molar-refractivity contribution in [1.82, 2.24) is 4.98 Å². The number of carbonyl (C=O) groups excluding carboxylic acids is 1. The number of carbonyl (C=O) groups is 1. The van der Waals surface area contributed by atoms with Gasteiger partial charge in [-0.3, -0.25) is 4.79 Å². The van der Waals surface area contributed by atoms with E-state index in [-0.39, 0.29) is 0 Å². The van der Waals surface area contributed by atoms with Crippen LogP contribution in [0.3, 0.4) is 0 Å². The summed E-state index contributed by atoms with van der Waals surface area (Å²) in [5.41, 5.74) is 1.61. The molecule has 66 valence electrons. The van der Waals surface area contributed by atoms with Crippen LogP contribution < -0.4 is 0 Å². The fourth-order valence-electron chi connectivity index (χ4n) is 1.29. The van der Waals surface area contributed by atoms with Crippen LogP contribution in [0.1, 0.15) is 10.4 Å². The lowest BCUT2D eigenvalue weighted by Crippen LogP contribution is -1.77. The van der Waals surface area contributed by atoms with Crippen LogP contribution in [0.2, 0.25) is 0 Å². The minimum Gasteiger partial charge on any atom is -0.359 e. The van der Waals surface area contributed by atoms with Crippen LogP contribution in [0.25, 0.3) is 10.9 Å². The van der Waals surface area contributed by atoms with Gasteiger partial charge in [-0.05, 0) is 28.1 Å². The smallest absolute Gasteiger partial charge is 0.152 e. The number of aldehydes is 1. The molecule has 0 saturated heterocycles. The Morgan fingerprint density at radius 1 is 1.23 bits per heavy atom. The highest BCUT2D eigenvalue weighted by atomic mass is 79.9. The molecule has 0 spiro atoms. The summed E-state index contributed by atoms with van der Waals surface area (Å²) in [7, 11) is 0. The van der Waals surface area contributed by atoms with Crippen molar-refractivity contribution in [2.45, 2.75) is 0 Å². The Morgan fingerprint density at radius 3 is 2.62 bits per heavy atom. The van der Waals surface area contributed by atoms with Gasteiger partial charge in [0.1, 0.15) is 0 Å². The van der Waals surface area contributed by atoms with Gasteiger partial charge in [0.05, 0.1) is 5.52 Å². The van der Waals surface area contributed by atoms with Crippen LogP contribution in [-0.2, 0) is 0 Å². The molecule has 1 N–H and O–H groups in total. The summed E-state index contributed by atoms with van der Waals surface area (Å²) in [6, 6.07) is 3.84. The van der Waals surface area contributed by atoms with Crippen LogP contribution in [0, 0.1) is 0 Å². The van der Waals surface area contributed by atoms with E-state index in [0.717, 1.165) is 26.1 Å². The van der Waals surface area contributed by atoms with E-state index in [1.54, 1.807) is 6.20 Å². The van der Waals surface area contributed by atoms with Crippen molar-refractivity contribution < 1.29 is 4.79 Å². The molecule has 0 atom stereocenters. The minimum atomic E-state index is 0.670. The maximum atomic E-state index is 10.7. The molecule has 0 bridgehead atoms. The minimum absolute atomic E-state index is 0.670. The number of rotatable bonds is 1. The van der Waals surface area contributed by atoms with Crippen molar-refractivity contribution >= 4 is 49.0 Å². The summed E-state index contributed by atoms with van der Waals surface area (Å²) in [5.74, 6) is 0. The van der Waals surface area contributed by atoms with Gasteiger partial charge in [-0.1, -0.05) is 15.9 Å². The Labute approximate surface area is 91.6 Å². The second-order valence-electron chi connectivity index (χ2n) is 2.64. The number of halogens is 2. The predicted molar refractivity (Wildman–Crippen MR) is 59.1 cm³/mol. The Bertz CT molecular complexity index is 476. The van der Waals surface area contributed by atoms with Gasteiger partial charge in [-0.15, -0.1) is 0 Å². The van der Waals surface area contributed by atoms with Crippen molar-refractivity contribution in [3.63, 3.8) is 0 Å². The van der Waals surface area contributed by atoms with Crippen molar-refractivity contribution in [1.29, 1.82) is 0 Å². The van der Waals surface area contributed by atoms with Crippen molar-refractivity contribution in [2.24, 2.45) is 0 Å². The average Bonchev–Trinajstić information content (AvgIpc) is 2.56. The van der Waals surface area contributed by atoms with Crippen molar-refractivity contribution in [3.8, 4) is 0 Å². The van der Waals surface area contributed by atoms with Gasteiger partial charge in [-0.2, -0.15) is 0 Å². The van der Waals surface area contributed by atoms with Crippen molar-refractivity contribution in [3.05, 3.63) is 32.8 Å². The summed E-state index contributed by atoms with van der Waals surface area (Å²) in [6.45, 7) is 0. The normalized spacial score (nSPS) is 10.6. The highest BCUT2D eigenvalue weighted by Gasteiger charge is 2.08. The molecule has 1 heterocycles. The topological polar surface area (TPSA) is 32.9 Å². The number of aromatic nitrogens is 1. The zero-order valence-electron chi connectivity index (χ0n) is 6.47. The number of fused-ring (bicyclic) bond motifs is 1. The first-order valence-corrected chi connectivity index (χ1v) is 5.23. The summed E-state index contributed by atoms with van der Waals surface area (Å²) >= 11 is 6.81. The molecule has 2 aromatic rings. The summed E-state index contributed by atoms with van der Waals surface area (Å²) in [5, 5.41) is 0.921. The Hall–Kier alpha value is -0.610. The fourth-order valence-corrected chi connectivity index (χ4v) is 2.29. The summed E-state index contributed by atoms with van der Waals surface area (Å²) in [6.07, 6.45) is 2.54. The molecule has 13 heavy (non-hydrogen) atoms. The number of hydrogen-bond donors (Lipinski definition) is 1. The molecule has 1 aromatic carbocycles. The van der Waals surface area contributed by atoms with Crippen LogP contribution in [0.5, 0.6) is 0 Å². The Balaban J connectivity index is 2.95. The number of aromatic amines is 1. The van der Waals surface area contributed by atoms with E-state index in [1.807, 2.05) is 12.1 Å². The van der Waals surface area contributed by atoms with Gasteiger partial charge in [0, 0.05) is 26.1 Å². The molecule has 0 aliphatic rings. The maximum absolute atomic E-state index is 10.7. The first-order valence-electron chi connectivity index (χ1n) is 3.64. The zero-order valence-corrected chi connectivity index (χ0v) is 9.65. The van der Waals surface area contributed by atoms with E-state index in [2.05, 4.69) is 36.8 Å². The van der Waals surface area contributed by atoms with Gasteiger partial charge in [0.25, 0.3) is 0 Å². The first-order chi connectivity index (χ1) is 6.24. The highest BCUT2D eigenvalue weighted by molar-refractivity contribution is 9.11. The van der Waals surface area contributed by atoms with E-state index in [0.29, 0.717) is 5.56 Å². The largest absolute Gasteiger partial charge is 0.359 e. The average molecular weight is 303 g/mol.